The first-order valence-electron chi connectivity index (χ1n) is 6.89. The van der Waals surface area contributed by atoms with Crippen LogP contribution in [0.15, 0.2) is 43.1 Å². The van der Waals surface area contributed by atoms with Crippen molar-refractivity contribution in [1.29, 1.82) is 0 Å². The van der Waals surface area contributed by atoms with Gasteiger partial charge in [-0.1, -0.05) is 6.07 Å². The largest absolute Gasteiger partial charge is 0.379 e. The minimum absolute atomic E-state index is 0.436. The van der Waals surface area contributed by atoms with Crippen LogP contribution >= 0.6 is 0 Å². The van der Waals surface area contributed by atoms with E-state index in [1.54, 1.807) is 6.33 Å². The molecule has 0 amide bonds. The van der Waals surface area contributed by atoms with Gasteiger partial charge in [0.25, 0.3) is 0 Å². The Balaban J connectivity index is 1.69. The standard InChI is InChI=1S/C15H18N4O/c1-2-4-18-15(3-1)19-5-6-20-11-14(10-19)7-13-8-16-12-17-9-13/h1-4,8-9,12,14H,5-7,10-11H2/t14-/m0/s1. The van der Waals surface area contributed by atoms with E-state index in [1.807, 2.05) is 36.8 Å². The fourth-order valence-electron chi connectivity index (χ4n) is 2.52. The van der Waals surface area contributed by atoms with E-state index in [-0.39, 0.29) is 0 Å². The molecule has 1 aliphatic heterocycles. The number of nitrogens with zero attached hydrogens (tertiary/aromatic N) is 4. The van der Waals surface area contributed by atoms with Gasteiger partial charge in [-0.15, -0.1) is 0 Å². The molecule has 0 radical (unpaired) electrons. The van der Waals surface area contributed by atoms with Crippen molar-refractivity contribution in [3.63, 3.8) is 0 Å². The molecule has 0 aromatic carbocycles. The SMILES string of the molecule is c1ccc(N2CCOC[C@@H](Cc3cncnc3)C2)nc1. The molecule has 0 spiro atoms. The normalized spacial score (nSPS) is 19.6. The van der Waals surface area contributed by atoms with Crippen molar-refractivity contribution in [3.05, 3.63) is 48.7 Å². The molecule has 5 heteroatoms. The van der Waals surface area contributed by atoms with Gasteiger partial charge < -0.3 is 9.64 Å². The molecule has 20 heavy (non-hydrogen) atoms. The predicted octanol–water partition coefficient (Wildman–Crippen LogP) is 1.57. The zero-order chi connectivity index (χ0) is 13.6. The highest BCUT2D eigenvalue weighted by Crippen LogP contribution is 2.17. The van der Waals surface area contributed by atoms with Crippen LogP contribution < -0.4 is 4.90 Å². The quantitative estimate of drug-likeness (QED) is 0.847. The van der Waals surface area contributed by atoms with Gasteiger partial charge in [-0.05, 0) is 24.1 Å². The Kier molecular flexibility index (Phi) is 4.18. The van der Waals surface area contributed by atoms with E-state index in [1.165, 1.54) is 0 Å². The van der Waals surface area contributed by atoms with Crippen LogP contribution in [-0.4, -0.2) is 41.3 Å². The van der Waals surface area contributed by atoms with E-state index in [2.05, 4.69) is 19.9 Å². The molecule has 1 fully saturated rings. The third-order valence-corrected chi connectivity index (χ3v) is 3.45. The average molecular weight is 270 g/mol. The van der Waals surface area contributed by atoms with Gasteiger partial charge in [-0.2, -0.15) is 0 Å². The van der Waals surface area contributed by atoms with Gasteiger partial charge in [-0.3, -0.25) is 0 Å². The molecular formula is C15H18N4O. The monoisotopic (exact) mass is 270 g/mol. The van der Waals surface area contributed by atoms with Crippen molar-refractivity contribution in [3.8, 4) is 0 Å². The van der Waals surface area contributed by atoms with Crippen molar-refractivity contribution < 1.29 is 4.74 Å². The summed E-state index contributed by atoms with van der Waals surface area (Å²) in [5, 5.41) is 0. The Labute approximate surface area is 118 Å². The molecule has 0 N–H and O–H groups in total. The number of aromatic nitrogens is 3. The molecule has 3 rings (SSSR count). The van der Waals surface area contributed by atoms with Crippen LogP contribution in [0, 0.1) is 5.92 Å². The lowest BCUT2D eigenvalue weighted by atomic mass is 10.0. The Morgan fingerprint density at radius 3 is 2.95 bits per heavy atom. The van der Waals surface area contributed by atoms with Gasteiger partial charge in [-0.25, -0.2) is 15.0 Å². The Morgan fingerprint density at radius 2 is 2.15 bits per heavy atom. The molecule has 0 saturated carbocycles. The minimum atomic E-state index is 0.436. The molecular weight excluding hydrogens is 252 g/mol. The van der Waals surface area contributed by atoms with Gasteiger partial charge in [0, 0.05) is 37.6 Å². The number of ether oxygens (including phenoxy) is 1. The molecule has 0 aliphatic carbocycles. The summed E-state index contributed by atoms with van der Waals surface area (Å²) in [5.74, 6) is 1.46. The molecule has 5 nitrogen and oxygen atoms in total. The predicted molar refractivity (Wildman–Crippen MR) is 76.5 cm³/mol. The number of hydrogen-bond acceptors (Lipinski definition) is 5. The number of anilines is 1. The highest BCUT2D eigenvalue weighted by molar-refractivity contribution is 5.37. The molecule has 1 atom stereocenters. The zero-order valence-electron chi connectivity index (χ0n) is 11.4. The molecule has 1 aliphatic rings. The average Bonchev–Trinajstić information content (AvgIpc) is 2.75. The molecule has 0 unspecified atom stereocenters. The first-order chi connectivity index (χ1) is 9.92. The topological polar surface area (TPSA) is 51.1 Å². The van der Waals surface area contributed by atoms with Crippen LogP contribution in [0.3, 0.4) is 0 Å². The van der Waals surface area contributed by atoms with Gasteiger partial charge in [0.05, 0.1) is 13.2 Å². The fraction of sp³-hybridized carbons (Fsp3) is 0.400. The van der Waals surface area contributed by atoms with Crippen molar-refractivity contribution in [2.24, 2.45) is 5.92 Å². The van der Waals surface area contributed by atoms with E-state index in [9.17, 15) is 0 Å². The van der Waals surface area contributed by atoms with Crippen molar-refractivity contribution in [1.82, 2.24) is 15.0 Å². The third kappa shape index (κ3) is 3.30. The fourth-order valence-corrected chi connectivity index (χ4v) is 2.52. The number of rotatable bonds is 3. The van der Waals surface area contributed by atoms with Crippen molar-refractivity contribution in [2.45, 2.75) is 6.42 Å². The molecule has 0 bridgehead atoms. The second kappa shape index (κ2) is 6.43. The van der Waals surface area contributed by atoms with Gasteiger partial charge in [0.2, 0.25) is 0 Å². The molecule has 2 aromatic heterocycles. The first-order valence-corrected chi connectivity index (χ1v) is 6.89. The van der Waals surface area contributed by atoms with E-state index in [0.29, 0.717) is 5.92 Å². The highest BCUT2D eigenvalue weighted by atomic mass is 16.5. The van der Waals surface area contributed by atoms with Gasteiger partial charge in [0.15, 0.2) is 0 Å². The van der Waals surface area contributed by atoms with E-state index < -0.39 is 0 Å². The maximum absolute atomic E-state index is 5.72. The van der Waals surface area contributed by atoms with Gasteiger partial charge >= 0.3 is 0 Å². The lowest BCUT2D eigenvalue weighted by Gasteiger charge is -2.24. The molecule has 104 valence electrons. The highest BCUT2D eigenvalue weighted by Gasteiger charge is 2.20. The number of hydrogen-bond donors (Lipinski definition) is 0. The summed E-state index contributed by atoms with van der Waals surface area (Å²) < 4.78 is 5.72. The van der Waals surface area contributed by atoms with Crippen LogP contribution in [0.25, 0.3) is 0 Å². The summed E-state index contributed by atoms with van der Waals surface area (Å²) in [7, 11) is 0. The first kappa shape index (κ1) is 13.0. The molecule has 1 saturated heterocycles. The summed E-state index contributed by atoms with van der Waals surface area (Å²) in [5.41, 5.74) is 1.16. The summed E-state index contributed by atoms with van der Waals surface area (Å²) in [6.45, 7) is 3.36. The lowest BCUT2D eigenvalue weighted by Crippen LogP contribution is -2.31. The number of pyridine rings is 1. The lowest BCUT2D eigenvalue weighted by molar-refractivity contribution is 0.123. The summed E-state index contributed by atoms with van der Waals surface area (Å²) >= 11 is 0. The molecule has 3 heterocycles. The van der Waals surface area contributed by atoms with E-state index >= 15 is 0 Å². The van der Waals surface area contributed by atoms with Crippen LogP contribution in [0.1, 0.15) is 5.56 Å². The van der Waals surface area contributed by atoms with Crippen LogP contribution in [0.5, 0.6) is 0 Å². The third-order valence-electron chi connectivity index (χ3n) is 3.45. The summed E-state index contributed by atoms with van der Waals surface area (Å²) in [6.07, 6.45) is 8.09. The molecule has 2 aromatic rings. The van der Waals surface area contributed by atoms with Crippen molar-refractivity contribution >= 4 is 5.82 Å². The Bertz CT molecular complexity index is 520. The Morgan fingerprint density at radius 1 is 1.25 bits per heavy atom. The van der Waals surface area contributed by atoms with E-state index in [0.717, 1.165) is 44.1 Å². The smallest absolute Gasteiger partial charge is 0.128 e. The van der Waals surface area contributed by atoms with Crippen LogP contribution in [-0.2, 0) is 11.2 Å². The van der Waals surface area contributed by atoms with Crippen molar-refractivity contribution in [2.75, 3.05) is 31.2 Å². The maximum atomic E-state index is 5.72. The van der Waals surface area contributed by atoms with E-state index in [4.69, 9.17) is 4.74 Å². The van der Waals surface area contributed by atoms with Crippen LogP contribution in [0.4, 0.5) is 5.82 Å². The van der Waals surface area contributed by atoms with Crippen LogP contribution in [0.2, 0.25) is 0 Å². The second-order valence-electron chi connectivity index (χ2n) is 5.03. The zero-order valence-corrected chi connectivity index (χ0v) is 11.4. The minimum Gasteiger partial charge on any atom is -0.379 e. The van der Waals surface area contributed by atoms with Gasteiger partial charge in [0.1, 0.15) is 12.1 Å². The second-order valence-corrected chi connectivity index (χ2v) is 5.03. The maximum Gasteiger partial charge on any atom is 0.128 e. The summed E-state index contributed by atoms with van der Waals surface area (Å²) in [4.78, 5) is 14.9. The summed E-state index contributed by atoms with van der Waals surface area (Å²) in [6, 6.07) is 6.01. The Hall–Kier alpha value is -2.01.